The highest BCUT2D eigenvalue weighted by Crippen LogP contribution is 2.26. The Bertz CT molecular complexity index is 617. The molecule has 1 aromatic carbocycles. The third-order valence-electron chi connectivity index (χ3n) is 2.29. The number of nitrogens with zero attached hydrogens (tertiary/aromatic N) is 4. The van der Waals surface area contributed by atoms with Crippen LogP contribution >= 0.6 is 23.1 Å². The van der Waals surface area contributed by atoms with Gasteiger partial charge in [-0.15, -0.1) is 0 Å². The zero-order chi connectivity index (χ0) is 11.0. The second kappa shape index (κ2) is 3.84. The van der Waals surface area contributed by atoms with Crippen molar-refractivity contribution in [2.75, 3.05) is 0 Å². The molecule has 6 heteroatoms. The molecule has 0 atom stereocenters. The molecular formula is C10H7ClN4S. The van der Waals surface area contributed by atoms with Crippen molar-refractivity contribution >= 4 is 33.2 Å². The van der Waals surface area contributed by atoms with Crippen LogP contribution in [-0.2, 0) is 6.54 Å². The van der Waals surface area contributed by atoms with Gasteiger partial charge in [0.1, 0.15) is 12.7 Å². The Hall–Kier alpha value is -1.46. The minimum absolute atomic E-state index is 0.641. The maximum absolute atomic E-state index is 5.92. The van der Waals surface area contributed by atoms with Crippen LogP contribution in [0, 0.1) is 0 Å². The Morgan fingerprint density at radius 3 is 3.12 bits per heavy atom. The third kappa shape index (κ3) is 1.68. The van der Waals surface area contributed by atoms with Crippen LogP contribution < -0.4 is 0 Å². The summed E-state index contributed by atoms with van der Waals surface area (Å²) in [4.78, 5) is 3.90. The Balaban J connectivity index is 2.04. The molecule has 0 radical (unpaired) electrons. The SMILES string of the molecule is Clc1ccc2c(Cn3cncn3)nsc2c1. The van der Waals surface area contributed by atoms with Crippen LogP contribution in [0.2, 0.25) is 5.02 Å². The van der Waals surface area contributed by atoms with Crippen molar-refractivity contribution < 1.29 is 0 Å². The van der Waals surface area contributed by atoms with Crippen LogP contribution in [0.4, 0.5) is 0 Å². The molecule has 3 rings (SSSR count). The maximum atomic E-state index is 5.92. The average molecular weight is 251 g/mol. The van der Waals surface area contributed by atoms with Crippen molar-refractivity contribution in [2.24, 2.45) is 0 Å². The third-order valence-corrected chi connectivity index (χ3v) is 3.37. The van der Waals surface area contributed by atoms with E-state index in [0.29, 0.717) is 6.54 Å². The van der Waals surface area contributed by atoms with E-state index in [0.717, 1.165) is 20.8 Å². The fourth-order valence-corrected chi connectivity index (χ4v) is 2.61. The van der Waals surface area contributed by atoms with E-state index in [1.54, 1.807) is 11.0 Å². The summed E-state index contributed by atoms with van der Waals surface area (Å²) in [5.74, 6) is 0. The summed E-state index contributed by atoms with van der Waals surface area (Å²) in [5.41, 5.74) is 1.00. The van der Waals surface area contributed by atoms with E-state index < -0.39 is 0 Å². The van der Waals surface area contributed by atoms with Gasteiger partial charge in [0.25, 0.3) is 0 Å². The highest BCUT2D eigenvalue weighted by atomic mass is 35.5. The highest BCUT2D eigenvalue weighted by molar-refractivity contribution is 7.13. The molecule has 0 N–H and O–H groups in total. The highest BCUT2D eigenvalue weighted by Gasteiger charge is 2.07. The second-order valence-electron chi connectivity index (χ2n) is 3.36. The molecule has 0 amide bonds. The fraction of sp³-hybridized carbons (Fsp3) is 0.100. The lowest BCUT2D eigenvalue weighted by atomic mass is 10.2. The maximum Gasteiger partial charge on any atom is 0.137 e. The van der Waals surface area contributed by atoms with Gasteiger partial charge in [-0.25, -0.2) is 9.67 Å². The van der Waals surface area contributed by atoms with Gasteiger partial charge in [-0.3, -0.25) is 0 Å². The molecule has 0 saturated heterocycles. The molecule has 80 valence electrons. The molecule has 0 fully saturated rings. The monoisotopic (exact) mass is 250 g/mol. The predicted octanol–water partition coefficient (Wildman–Crippen LogP) is 2.59. The first kappa shape index (κ1) is 9.74. The molecule has 0 aliphatic rings. The van der Waals surface area contributed by atoms with Gasteiger partial charge in [0.05, 0.1) is 16.9 Å². The van der Waals surface area contributed by atoms with Gasteiger partial charge in [-0.2, -0.15) is 9.47 Å². The second-order valence-corrected chi connectivity index (χ2v) is 4.60. The molecule has 3 aromatic rings. The van der Waals surface area contributed by atoms with Crippen LogP contribution in [0.15, 0.2) is 30.9 Å². The Kier molecular flexibility index (Phi) is 2.34. The first-order valence-electron chi connectivity index (χ1n) is 4.69. The molecule has 2 aromatic heterocycles. The normalized spacial score (nSPS) is 11.1. The molecule has 0 saturated carbocycles. The van der Waals surface area contributed by atoms with E-state index >= 15 is 0 Å². The standard InChI is InChI=1S/C10H7ClN4S/c11-7-1-2-8-9(14-16-10(8)3-7)4-15-6-12-5-13-15/h1-3,5-6H,4H2. The average Bonchev–Trinajstić information content (AvgIpc) is 2.89. The summed E-state index contributed by atoms with van der Waals surface area (Å²) < 4.78 is 7.26. The molecule has 2 heterocycles. The lowest BCUT2D eigenvalue weighted by Crippen LogP contribution is -2.00. The van der Waals surface area contributed by atoms with E-state index in [1.165, 1.54) is 17.9 Å². The van der Waals surface area contributed by atoms with Gasteiger partial charge in [-0.05, 0) is 23.7 Å². The number of aromatic nitrogens is 4. The molecule has 0 unspecified atom stereocenters. The Labute approximate surface area is 101 Å². The Morgan fingerprint density at radius 1 is 1.38 bits per heavy atom. The summed E-state index contributed by atoms with van der Waals surface area (Å²) in [6.45, 7) is 0.641. The van der Waals surface area contributed by atoms with Gasteiger partial charge in [0.2, 0.25) is 0 Å². The van der Waals surface area contributed by atoms with Crippen molar-refractivity contribution in [1.82, 2.24) is 19.1 Å². The van der Waals surface area contributed by atoms with E-state index in [4.69, 9.17) is 11.6 Å². The molecule has 0 spiro atoms. The van der Waals surface area contributed by atoms with Gasteiger partial charge >= 0.3 is 0 Å². The predicted molar refractivity (Wildman–Crippen MR) is 63.8 cm³/mol. The minimum atomic E-state index is 0.641. The number of rotatable bonds is 2. The number of fused-ring (bicyclic) bond motifs is 1. The smallest absolute Gasteiger partial charge is 0.137 e. The van der Waals surface area contributed by atoms with Gasteiger partial charge in [-0.1, -0.05) is 17.7 Å². The quantitative estimate of drug-likeness (QED) is 0.702. The van der Waals surface area contributed by atoms with Crippen LogP contribution in [0.5, 0.6) is 0 Å². The lowest BCUT2D eigenvalue weighted by Gasteiger charge is -1.97. The summed E-state index contributed by atoms with van der Waals surface area (Å²) in [7, 11) is 0. The molecule has 0 aliphatic carbocycles. The van der Waals surface area contributed by atoms with E-state index in [9.17, 15) is 0 Å². The van der Waals surface area contributed by atoms with Crippen LogP contribution in [0.25, 0.3) is 10.1 Å². The summed E-state index contributed by atoms with van der Waals surface area (Å²) >= 11 is 7.38. The largest absolute Gasteiger partial charge is 0.247 e. The first-order valence-corrected chi connectivity index (χ1v) is 5.84. The number of halogens is 1. The van der Waals surface area contributed by atoms with Gasteiger partial charge in [0, 0.05) is 10.4 Å². The van der Waals surface area contributed by atoms with Crippen LogP contribution in [0.1, 0.15) is 5.69 Å². The number of hydrogen-bond donors (Lipinski definition) is 0. The number of benzene rings is 1. The summed E-state index contributed by atoms with van der Waals surface area (Å²) in [6, 6.07) is 5.80. The van der Waals surface area contributed by atoms with Crippen LogP contribution in [0.3, 0.4) is 0 Å². The van der Waals surface area contributed by atoms with Gasteiger partial charge in [0.15, 0.2) is 0 Å². The van der Waals surface area contributed by atoms with Crippen molar-refractivity contribution in [3.05, 3.63) is 41.6 Å². The molecule has 0 bridgehead atoms. The van der Waals surface area contributed by atoms with E-state index in [1.807, 2.05) is 18.2 Å². The van der Waals surface area contributed by atoms with Crippen molar-refractivity contribution in [3.63, 3.8) is 0 Å². The number of hydrogen-bond acceptors (Lipinski definition) is 4. The first-order chi connectivity index (χ1) is 7.83. The van der Waals surface area contributed by atoms with Gasteiger partial charge < -0.3 is 0 Å². The lowest BCUT2D eigenvalue weighted by molar-refractivity contribution is 0.679. The van der Waals surface area contributed by atoms with E-state index in [2.05, 4.69) is 14.5 Å². The minimum Gasteiger partial charge on any atom is -0.247 e. The Morgan fingerprint density at radius 2 is 2.31 bits per heavy atom. The van der Waals surface area contributed by atoms with E-state index in [-0.39, 0.29) is 0 Å². The molecular weight excluding hydrogens is 244 g/mol. The van der Waals surface area contributed by atoms with Crippen molar-refractivity contribution in [3.8, 4) is 0 Å². The zero-order valence-corrected chi connectivity index (χ0v) is 9.74. The summed E-state index contributed by atoms with van der Waals surface area (Å²) in [5, 5.41) is 5.93. The molecule has 4 nitrogen and oxygen atoms in total. The van der Waals surface area contributed by atoms with Crippen molar-refractivity contribution in [1.29, 1.82) is 0 Å². The molecule has 0 aliphatic heterocycles. The molecule has 16 heavy (non-hydrogen) atoms. The van der Waals surface area contributed by atoms with Crippen LogP contribution in [-0.4, -0.2) is 19.1 Å². The fourth-order valence-electron chi connectivity index (χ4n) is 1.55. The summed E-state index contributed by atoms with van der Waals surface area (Å²) in [6.07, 6.45) is 3.20. The van der Waals surface area contributed by atoms with Crippen molar-refractivity contribution in [2.45, 2.75) is 6.54 Å². The topological polar surface area (TPSA) is 43.6 Å². The zero-order valence-electron chi connectivity index (χ0n) is 8.17.